The molecule has 0 aliphatic carbocycles. The number of carbonyl (C=O) groups is 1. The van der Waals surface area contributed by atoms with Gasteiger partial charge in [0.25, 0.3) is 5.91 Å². The summed E-state index contributed by atoms with van der Waals surface area (Å²) in [6.45, 7) is 2.58. The number of aryl methyl sites for hydroxylation is 1. The van der Waals surface area contributed by atoms with Crippen LogP contribution in [0.2, 0.25) is 0 Å². The van der Waals surface area contributed by atoms with Crippen LogP contribution in [0.15, 0.2) is 23.7 Å². The van der Waals surface area contributed by atoms with E-state index in [4.69, 9.17) is 5.73 Å². The number of carbonyl (C=O) groups excluding carboxylic acids is 1. The number of nitrogen functional groups attached to an aromatic ring is 1. The van der Waals surface area contributed by atoms with E-state index in [0.717, 1.165) is 40.5 Å². The summed E-state index contributed by atoms with van der Waals surface area (Å²) in [6.07, 6.45) is 0.865. The maximum absolute atomic E-state index is 12.4. The molecular weight excluding hydrogens is 246 g/mol. The number of hydrogen-bond donors (Lipinski definition) is 1. The van der Waals surface area contributed by atoms with Crippen LogP contribution in [0.25, 0.3) is 0 Å². The van der Waals surface area contributed by atoms with Gasteiger partial charge in [-0.2, -0.15) is 0 Å². The molecule has 0 bridgehead atoms. The van der Waals surface area contributed by atoms with Crippen LogP contribution in [0.5, 0.6) is 0 Å². The Morgan fingerprint density at radius 2 is 2.33 bits per heavy atom. The summed E-state index contributed by atoms with van der Waals surface area (Å²) < 4.78 is 0. The van der Waals surface area contributed by atoms with Crippen molar-refractivity contribution < 1.29 is 4.79 Å². The molecule has 0 fully saturated rings. The number of benzene rings is 1. The number of nitrogens with two attached hydrogens (primary N) is 1. The molecule has 2 N–H and O–H groups in total. The van der Waals surface area contributed by atoms with Crippen molar-refractivity contribution in [3.05, 3.63) is 39.8 Å². The van der Waals surface area contributed by atoms with Crippen molar-refractivity contribution in [2.24, 2.45) is 0 Å². The number of nitrogens with zero attached hydrogens (tertiary/aromatic N) is 2. The van der Waals surface area contributed by atoms with Crippen molar-refractivity contribution in [1.29, 1.82) is 0 Å². The molecule has 0 spiro atoms. The second kappa shape index (κ2) is 4.10. The molecule has 1 aliphatic heterocycles. The minimum Gasteiger partial charge on any atom is -0.399 e. The van der Waals surface area contributed by atoms with Crippen LogP contribution in [-0.2, 0) is 6.42 Å². The van der Waals surface area contributed by atoms with E-state index in [1.165, 1.54) is 11.3 Å². The SMILES string of the molecule is Cc1ncsc1C(=O)N1CCc2cc(N)ccc21. The topological polar surface area (TPSA) is 59.2 Å². The molecule has 18 heavy (non-hydrogen) atoms. The van der Waals surface area contributed by atoms with Gasteiger partial charge in [0.15, 0.2) is 0 Å². The van der Waals surface area contributed by atoms with Gasteiger partial charge in [-0.3, -0.25) is 4.79 Å². The molecule has 1 amide bonds. The number of fused-ring (bicyclic) bond motifs is 1. The van der Waals surface area contributed by atoms with Gasteiger partial charge in [-0.15, -0.1) is 11.3 Å². The lowest BCUT2D eigenvalue weighted by Crippen LogP contribution is -2.28. The van der Waals surface area contributed by atoms with Gasteiger partial charge >= 0.3 is 0 Å². The van der Waals surface area contributed by atoms with E-state index in [-0.39, 0.29) is 5.91 Å². The number of hydrogen-bond acceptors (Lipinski definition) is 4. The smallest absolute Gasteiger partial charge is 0.270 e. The first-order valence-corrected chi connectivity index (χ1v) is 6.65. The summed E-state index contributed by atoms with van der Waals surface area (Å²) >= 11 is 1.40. The average molecular weight is 259 g/mol. The molecule has 92 valence electrons. The van der Waals surface area contributed by atoms with Crippen LogP contribution in [-0.4, -0.2) is 17.4 Å². The van der Waals surface area contributed by atoms with E-state index in [0.29, 0.717) is 0 Å². The van der Waals surface area contributed by atoms with Gasteiger partial charge < -0.3 is 10.6 Å². The fraction of sp³-hybridized carbons (Fsp3) is 0.231. The molecule has 1 aromatic heterocycles. The van der Waals surface area contributed by atoms with Gasteiger partial charge in [-0.1, -0.05) is 0 Å². The zero-order valence-electron chi connectivity index (χ0n) is 10.0. The third-order valence-corrected chi connectivity index (χ3v) is 4.10. The molecule has 2 aromatic rings. The fourth-order valence-electron chi connectivity index (χ4n) is 2.26. The van der Waals surface area contributed by atoms with Crippen molar-refractivity contribution in [3.63, 3.8) is 0 Å². The van der Waals surface area contributed by atoms with Crippen LogP contribution in [0, 0.1) is 6.92 Å². The van der Waals surface area contributed by atoms with E-state index >= 15 is 0 Å². The number of rotatable bonds is 1. The Labute approximate surface area is 109 Å². The van der Waals surface area contributed by atoms with E-state index in [1.807, 2.05) is 30.0 Å². The normalized spacial score (nSPS) is 13.7. The second-order valence-electron chi connectivity index (χ2n) is 4.36. The highest BCUT2D eigenvalue weighted by Gasteiger charge is 2.27. The predicted octanol–water partition coefficient (Wildman–Crippen LogP) is 2.24. The summed E-state index contributed by atoms with van der Waals surface area (Å²) in [5, 5.41) is 0. The van der Waals surface area contributed by atoms with Gasteiger partial charge in [0, 0.05) is 17.9 Å². The summed E-state index contributed by atoms with van der Waals surface area (Å²) in [6, 6.07) is 5.71. The lowest BCUT2D eigenvalue weighted by atomic mass is 10.1. The van der Waals surface area contributed by atoms with Crippen LogP contribution in [0.4, 0.5) is 11.4 Å². The van der Waals surface area contributed by atoms with E-state index in [9.17, 15) is 4.79 Å². The molecule has 3 rings (SSSR count). The van der Waals surface area contributed by atoms with Gasteiger partial charge in [0.2, 0.25) is 0 Å². The van der Waals surface area contributed by atoms with Crippen molar-refractivity contribution in [1.82, 2.24) is 4.98 Å². The third-order valence-electron chi connectivity index (χ3n) is 3.18. The van der Waals surface area contributed by atoms with E-state index in [1.54, 1.807) is 5.51 Å². The van der Waals surface area contributed by atoms with Crippen molar-refractivity contribution >= 4 is 28.6 Å². The zero-order chi connectivity index (χ0) is 12.7. The standard InChI is InChI=1S/C13H13N3OS/c1-8-12(18-7-15-8)13(17)16-5-4-9-6-10(14)2-3-11(9)16/h2-3,6-7H,4-5,14H2,1H3. The van der Waals surface area contributed by atoms with Crippen molar-refractivity contribution in [2.75, 3.05) is 17.2 Å². The zero-order valence-corrected chi connectivity index (χ0v) is 10.8. The monoisotopic (exact) mass is 259 g/mol. The lowest BCUT2D eigenvalue weighted by molar-refractivity contribution is 0.0992. The van der Waals surface area contributed by atoms with Gasteiger partial charge in [-0.25, -0.2) is 4.98 Å². The highest BCUT2D eigenvalue weighted by molar-refractivity contribution is 7.12. The summed E-state index contributed by atoms with van der Waals surface area (Å²) in [5.41, 5.74) is 11.1. The lowest BCUT2D eigenvalue weighted by Gasteiger charge is -2.16. The van der Waals surface area contributed by atoms with Crippen LogP contribution in [0.3, 0.4) is 0 Å². The van der Waals surface area contributed by atoms with E-state index < -0.39 is 0 Å². The highest BCUT2D eigenvalue weighted by Crippen LogP contribution is 2.31. The highest BCUT2D eigenvalue weighted by atomic mass is 32.1. The second-order valence-corrected chi connectivity index (χ2v) is 5.22. The van der Waals surface area contributed by atoms with Crippen molar-refractivity contribution in [2.45, 2.75) is 13.3 Å². The summed E-state index contributed by atoms with van der Waals surface area (Å²) in [5.74, 6) is 0.0403. The minimum atomic E-state index is 0.0403. The molecule has 1 aliphatic rings. The van der Waals surface area contributed by atoms with E-state index in [2.05, 4.69) is 4.98 Å². The number of aromatic nitrogens is 1. The number of thiazole rings is 1. The maximum Gasteiger partial charge on any atom is 0.270 e. The fourth-order valence-corrected chi connectivity index (χ4v) is 3.01. The van der Waals surface area contributed by atoms with Crippen molar-refractivity contribution in [3.8, 4) is 0 Å². The number of anilines is 2. The Kier molecular flexibility index (Phi) is 2.56. The molecular formula is C13H13N3OS. The Hall–Kier alpha value is -1.88. The molecule has 0 atom stereocenters. The molecule has 0 radical (unpaired) electrons. The predicted molar refractivity (Wildman–Crippen MR) is 73.1 cm³/mol. The van der Waals surface area contributed by atoms with Gasteiger partial charge in [0.1, 0.15) is 4.88 Å². The first kappa shape index (κ1) is 11.2. The summed E-state index contributed by atoms with van der Waals surface area (Å²) in [4.78, 5) is 19.1. The average Bonchev–Trinajstić information content (AvgIpc) is 2.94. The molecule has 0 unspecified atom stereocenters. The molecule has 0 saturated heterocycles. The van der Waals surface area contributed by atoms with Crippen LogP contribution < -0.4 is 10.6 Å². The van der Waals surface area contributed by atoms with Gasteiger partial charge in [-0.05, 0) is 37.1 Å². The van der Waals surface area contributed by atoms with Gasteiger partial charge in [0.05, 0.1) is 11.2 Å². The van der Waals surface area contributed by atoms with Crippen LogP contribution in [0.1, 0.15) is 20.9 Å². The largest absolute Gasteiger partial charge is 0.399 e. The molecule has 5 heteroatoms. The van der Waals surface area contributed by atoms with Crippen LogP contribution >= 0.6 is 11.3 Å². The Morgan fingerprint density at radius 1 is 1.50 bits per heavy atom. The molecule has 4 nitrogen and oxygen atoms in total. The third kappa shape index (κ3) is 1.67. The quantitative estimate of drug-likeness (QED) is 0.799. The molecule has 2 heterocycles. The minimum absolute atomic E-state index is 0.0403. The Bertz CT molecular complexity index is 620. The molecule has 0 saturated carbocycles. The first-order valence-electron chi connectivity index (χ1n) is 5.77. The molecule has 1 aromatic carbocycles. The Balaban J connectivity index is 1.98. The maximum atomic E-state index is 12.4. The Morgan fingerprint density at radius 3 is 3.06 bits per heavy atom. The summed E-state index contributed by atoms with van der Waals surface area (Å²) in [7, 11) is 0. The first-order chi connectivity index (χ1) is 8.66. The number of amides is 1.